The van der Waals surface area contributed by atoms with Crippen molar-refractivity contribution in [2.75, 3.05) is 11.9 Å². The summed E-state index contributed by atoms with van der Waals surface area (Å²) in [4.78, 5) is 13.6. The minimum absolute atomic E-state index is 0.121. The van der Waals surface area contributed by atoms with E-state index in [-0.39, 0.29) is 12.0 Å². The number of aryl methyl sites for hydroxylation is 2. The van der Waals surface area contributed by atoms with Crippen LogP contribution in [0.15, 0.2) is 42.7 Å². The zero-order chi connectivity index (χ0) is 19.0. The van der Waals surface area contributed by atoms with Crippen LogP contribution >= 0.6 is 11.6 Å². The van der Waals surface area contributed by atoms with Gasteiger partial charge in [0.1, 0.15) is 0 Å². The van der Waals surface area contributed by atoms with Crippen molar-refractivity contribution in [1.29, 1.82) is 0 Å². The molecule has 1 aliphatic carbocycles. The second kappa shape index (κ2) is 6.91. The molecule has 4 rings (SSSR count). The van der Waals surface area contributed by atoms with Crippen LogP contribution in [0, 0.1) is 6.92 Å². The maximum atomic E-state index is 9.82. The van der Waals surface area contributed by atoms with Gasteiger partial charge in [-0.15, -0.1) is 0 Å². The van der Waals surface area contributed by atoms with E-state index in [0.717, 1.165) is 46.6 Å². The van der Waals surface area contributed by atoms with Gasteiger partial charge in [0.15, 0.2) is 0 Å². The van der Waals surface area contributed by atoms with Crippen LogP contribution in [0.2, 0.25) is 5.02 Å². The van der Waals surface area contributed by atoms with Crippen LogP contribution in [0.4, 0.5) is 11.6 Å². The van der Waals surface area contributed by atoms with E-state index in [9.17, 15) is 5.11 Å². The Morgan fingerprint density at radius 3 is 2.89 bits per heavy atom. The number of aliphatic hydroxyl groups excluding tert-OH is 1. The van der Waals surface area contributed by atoms with E-state index in [1.54, 1.807) is 6.20 Å². The molecule has 6 heteroatoms. The number of halogens is 1. The highest BCUT2D eigenvalue weighted by Gasteiger charge is 2.34. The Kier molecular flexibility index (Phi) is 4.58. The van der Waals surface area contributed by atoms with Gasteiger partial charge in [-0.1, -0.05) is 24.6 Å². The van der Waals surface area contributed by atoms with Crippen molar-refractivity contribution in [2.24, 2.45) is 0 Å². The third-order valence-corrected chi connectivity index (χ3v) is 5.52. The first kappa shape index (κ1) is 17.9. The molecular formula is C21H21ClN4O. The van der Waals surface area contributed by atoms with Gasteiger partial charge in [0, 0.05) is 39.8 Å². The van der Waals surface area contributed by atoms with Gasteiger partial charge in [0.25, 0.3) is 0 Å². The average molecular weight is 381 g/mol. The van der Waals surface area contributed by atoms with E-state index in [4.69, 9.17) is 11.6 Å². The number of pyridine rings is 1. The first-order valence-corrected chi connectivity index (χ1v) is 9.33. The number of aromatic nitrogens is 3. The number of aliphatic hydroxyl groups is 1. The van der Waals surface area contributed by atoms with Gasteiger partial charge in [0.2, 0.25) is 5.95 Å². The molecule has 2 N–H and O–H groups in total. The van der Waals surface area contributed by atoms with E-state index < -0.39 is 0 Å². The van der Waals surface area contributed by atoms with Crippen LogP contribution in [-0.2, 0) is 11.8 Å². The minimum Gasteiger partial charge on any atom is -0.395 e. The molecule has 0 saturated heterocycles. The Labute approximate surface area is 163 Å². The lowest BCUT2D eigenvalue weighted by Gasteiger charge is -2.22. The lowest BCUT2D eigenvalue weighted by atomic mass is 9.85. The molecule has 27 heavy (non-hydrogen) atoms. The molecule has 0 aliphatic heterocycles. The summed E-state index contributed by atoms with van der Waals surface area (Å²) in [5, 5.41) is 13.7. The van der Waals surface area contributed by atoms with E-state index in [1.807, 2.05) is 37.4 Å². The fraction of sp³-hybridized carbons (Fsp3) is 0.286. The fourth-order valence-corrected chi connectivity index (χ4v) is 3.65. The van der Waals surface area contributed by atoms with Crippen molar-refractivity contribution < 1.29 is 5.11 Å². The summed E-state index contributed by atoms with van der Waals surface area (Å²) >= 11 is 6.10. The first-order valence-electron chi connectivity index (χ1n) is 8.95. The fourth-order valence-electron chi connectivity index (χ4n) is 3.48. The molecule has 3 aromatic rings. The van der Waals surface area contributed by atoms with Crippen molar-refractivity contribution in [3.05, 3.63) is 64.6 Å². The Morgan fingerprint density at radius 1 is 1.22 bits per heavy atom. The summed E-state index contributed by atoms with van der Waals surface area (Å²) in [6.07, 6.45) is 5.39. The lowest BCUT2D eigenvalue weighted by Crippen LogP contribution is -2.23. The summed E-state index contributed by atoms with van der Waals surface area (Å²) in [5.74, 6) is 0.503. The minimum atomic E-state index is -0.232. The molecule has 1 aliphatic rings. The van der Waals surface area contributed by atoms with Gasteiger partial charge in [-0.2, -0.15) is 0 Å². The average Bonchev–Trinajstić information content (AvgIpc) is 3.02. The van der Waals surface area contributed by atoms with Crippen LogP contribution in [0.3, 0.4) is 0 Å². The smallest absolute Gasteiger partial charge is 0.227 e. The van der Waals surface area contributed by atoms with Gasteiger partial charge in [-0.05, 0) is 55.2 Å². The van der Waals surface area contributed by atoms with Gasteiger partial charge in [-0.25, -0.2) is 9.97 Å². The first-order chi connectivity index (χ1) is 13.0. The van der Waals surface area contributed by atoms with E-state index in [0.29, 0.717) is 11.0 Å². The maximum Gasteiger partial charge on any atom is 0.227 e. The van der Waals surface area contributed by atoms with Gasteiger partial charge >= 0.3 is 0 Å². The van der Waals surface area contributed by atoms with Crippen LogP contribution < -0.4 is 5.32 Å². The highest BCUT2D eigenvalue weighted by atomic mass is 35.5. The highest BCUT2D eigenvalue weighted by molar-refractivity contribution is 6.30. The Balaban J connectivity index is 1.67. The molecule has 0 bridgehead atoms. The summed E-state index contributed by atoms with van der Waals surface area (Å²) in [6.45, 7) is 4.21. The Bertz CT molecular complexity index is 1010. The summed E-state index contributed by atoms with van der Waals surface area (Å²) in [6, 6.07) is 9.63. The zero-order valence-corrected chi connectivity index (χ0v) is 16.1. The maximum absolute atomic E-state index is 9.82. The molecule has 1 aromatic carbocycles. The second-order valence-electron chi connectivity index (χ2n) is 7.29. The SMILES string of the molecule is Cc1ccc(Cl)cc1Nc1nccc(-c2cnc3c(c2)C(C)(CO)CC3)n1. The van der Waals surface area contributed by atoms with E-state index in [1.165, 1.54) is 0 Å². The number of nitrogens with zero attached hydrogens (tertiary/aromatic N) is 3. The van der Waals surface area contributed by atoms with Crippen LogP contribution in [0.5, 0.6) is 0 Å². The van der Waals surface area contributed by atoms with Crippen LogP contribution in [0.25, 0.3) is 11.3 Å². The van der Waals surface area contributed by atoms with Crippen molar-refractivity contribution in [2.45, 2.75) is 32.1 Å². The lowest BCUT2D eigenvalue weighted by molar-refractivity contribution is 0.206. The molecule has 0 fully saturated rings. The largest absolute Gasteiger partial charge is 0.395 e. The number of benzene rings is 1. The zero-order valence-electron chi connectivity index (χ0n) is 15.3. The summed E-state index contributed by atoms with van der Waals surface area (Å²) in [7, 11) is 0. The molecule has 2 heterocycles. The Hall–Kier alpha value is -2.50. The molecule has 138 valence electrons. The Morgan fingerprint density at radius 2 is 2.07 bits per heavy atom. The summed E-state index contributed by atoms with van der Waals surface area (Å²) < 4.78 is 0. The molecular weight excluding hydrogens is 360 g/mol. The molecule has 5 nitrogen and oxygen atoms in total. The number of nitrogens with one attached hydrogen (secondary N) is 1. The van der Waals surface area contributed by atoms with Crippen molar-refractivity contribution >= 4 is 23.2 Å². The number of hydrogen-bond acceptors (Lipinski definition) is 5. The van der Waals surface area contributed by atoms with Gasteiger partial charge in [0.05, 0.1) is 12.3 Å². The molecule has 0 saturated carbocycles. The third-order valence-electron chi connectivity index (χ3n) is 5.28. The molecule has 0 spiro atoms. The normalized spacial score (nSPS) is 18.4. The molecule has 0 radical (unpaired) electrons. The van der Waals surface area contributed by atoms with Crippen molar-refractivity contribution in [3.8, 4) is 11.3 Å². The molecule has 1 atom stereocenters. The van der Waals surface area contributed by atoms with Crippen molar-refractivity contribution in [3.63, 3.8) is 0 Å². The standard InChI is InChI=1S/C21H21ClN4O/c1-13-3-4-15(22)10-19(13)26-20-23-8-6-17(25-20)14-9-16-18(24-11-14)5-7-21(16,2)12-27/h3-4,6,8-11,27H,5,7,12H2,1-2H3,(H,23,25,26). The van der Waals surface area contributed by atoms with Gasteiger partial charge < -0.3 is 10.4 Å². The third kappa shape index (κ3) is 3.40. The van der Waals surface area contributed by atoms with Crippen LogP contribution in [0.1, 0.15) is 30.2 Å². The number of rotatable bonds is 4. The molecule has 2 aromatic heterocycles. The second-order valence-corrected chi connectivity index (χ2v) is 7.72. The van der Waals surface area contributed by atoms with Crippen molar-refractivity contribution in [1.82, 2.24) is 15.0 Å². The number of anilines is 2. The molecule has 0 amide bonds. The topological polar surface area (TPSA) is 70.9 Å². The predicted octanol–water partition coefficient (Wildman–Crippen LogP) is 4.44. The molecule has 1 unspecified atom stereocenters. The van der Waals surface area contributed by atoms with E-state index in [2.05, 4.69) is 33.3 Å². The van der Waals surface area contributed by atoms with E-state index >= 15 is 0 Å². The highest BCUT2D eigenvalue weighted by Crippen LogP contribution is 2.39. The summed E-state index contributed by atoms with van der Waals surface area (Å²) in [5.41, 5.74) is 5.59. The number of hydrogen-bond donors (Lipinski definition) is 2. The van der Waals surface area contributed by atoms with Gasteiger partial charge in [-0.3, -0.25) is 4.98 Å². The predicted molar refractivity (Wildman–Crippen MR) is 107 cm³/mol. The quantitative estimate of drug-likeness (QED) is 0.700. The number of fused-ring (bicyclic) bond motifs is 1. The van der Waals surface area contributed by atoms with Crippen LogP contribution in [-0.4, -0.2) is 26.7 Å². The monoisotopic (exact) mass is 380 g/mol.